The van der Waals surface area contributed by atoms with Crippen LogP contribution in [0.1, 0.15) is 32.1 Å². The van der Waals surface area contributed by atoms with E-state index < -0.39 is 0 Å². The fourth-order valence-corrected chi connectivity index (χ4v) is 4.91. The number of hydrogen-bond acceptors (Lipinski definition) is 6. The molecule has 0 saturated carbocycles. The first-order valence-electron chi connectivity index (χ1n) is 11.0. The number of likely N-dealkylation sites (tertiary alicyclic amines) is 1. The predicted molar refractivity (Wildman–Crippen MR) is 111 cm³/mol. The summed E-state index contributed by atoms with van der Waals surface area (Å²) in [5, 5.41) is 3.17. The molecule has 4 heterocycles. The van der Waals surface area contributed by atoms with Crippen LogP contribution in [0.2, 0.25) is 0 Å². The molecule has 0 radical (unpaired) electrons. The minimum Gasteiger partial charge on any atom is -0.423 e. The van der Waals surface area contributed by atoms with Crippen molar-refractivity contribution in [3.8, 4) is 0 Å². The van der Waals surface area contributed by atoms with Gasteiger partial charge in [-0.15, -0.1) is 0 Å². The van der Waals surface area contributed by atoms with Crippen LogP contribution in [0.3, 0.4) is 0 Å². The summed E-state index contributed by atoms with van der Waals surface area (Å²) in [7, 11) is 0. The Morgan fingerprint density at radius 3 is 2.55 bits per heavy atom. The molecule has 0 aliphatic carbocycles. The molecule has 3 aliphatic heterocycles. The van der Waals surface area contributed by atoms with Crippen LogP contribution >= 0.6 is 0 Å². The summed E-state index contributed by atoms with van der Waals surface area (Å²) >= 11 is 0. The maximum absolute atomic E-state index is 12.5. The number of carbonyl (C=O) groups excluding carboxylic acids is 1. The number of anilines is 1. The van der Waals surface area contributed by atoms with Gasteiger partial charge in [0.2, 0.25) is 5.91 Å². The van der Waals surface area contributed by atoms with E-state index in [0.29, 0.717) is 12.6 Å². The van der Waals surface area contributed by atoms with Crippen LogP contribution in [0, 0.1) is 5.92 Å². The van der Waals surface area contributed by atoms with E-state index in [4.69, 9.17) is 9.15 Å². The lowest BCUT2D eigenvalue weighted by atomic mass is 9.92. The molecule has 1 unspecified atom stereocenters. The fourth-order valence-electron chi connectivity index (χ4n) is 4.91. The van der Waals surface area contributed by atoms with Gasteiger partial charge in [0.1, 0.15) is 5.52 Å². The van der Waals surface area contributed by atoms with Gasteiger partial charge in [-0.2, -0.15) is 4.98 Å². The second-order valence-electron chi connectivity index (χ2n) is 8.56. The number of aromatic nitrogens is 1. The third kappa shape index (κ3) is 4.12. The van der Waals surface area contributed by atoms with Crippen LogP contribution in [0.15, 0.2) is 28.7 Å². The van der Waals surface area contributed by atoms with E-state index in [1.807, 2.05) is 24.3 Å². The maximum atomic E-state index is 12.5. The molecule has 1 aromatic heterocycles. The fraction of sp³-hybridized carbons (Fsp3) is 0.636. The predicted octanol–water partition coefficient (Wildman–Crippen LogP) is 2.41. The third-order valence-electron chi connectivity index (χ3n) is 6.71. The van der Waals surface area contributed by atoms with Crippen molar-refractivity contribution >= 4 is 23.0 Å². The molecule has 1 aromatic carbocycles. The Balaban J connectivity index is 1.10. The second kappa shape index (κ2) is 8.32. The maximum Gasteiger partial charge on any atom is 0.298 e. The van der Waals surface area contributed by atoms with Gasteiger partial charge in [-0.3, -0.25) is 4.79 Å². The van der Waals surface area contributed by atoms with Gasteiger partial charge in [-0.1, -0.05) is 12.1 Å². The minimum absolute atomic E-state index is 0.159. The van der Waals surface area contributed by atoms with Crippen LogP contribution in [-0.4, -0.2) is 67.3 Å². The Morgan fingerprint density at radius 1 is 1.03 bits per heavy atom. The van der Waals surface area contributed by atoms with Gasteiger partial charge in [0, 0.05) is 31.7 Å². The van der Waals surface area contributed by atoms with E-state index in [1.54, 1.807) is 0 Å². The summed E-state index contributed by atoms with van der Waals surface area (Å²) in [5.74, 6) is 0.387. The van der Waals surface area contributed by atoms with E-state index >= 15 is 0 Å². The summed E-state index contributed by atoms with van der Waals surface area (Å²) in [6.07, 6.45) is 5.11. The molecule has 1 atom stereocenters. The van der Waals surface area contributed by atoms with Crippen molar-refractivity contribution < 1.29 is 13.9 Å². The number of benzene rings is 1. The Labute approximate surface area is 171 Å². The lowest BCUT2D eigenvalue weighted by Crippen LogP contribution is -2.50. The number of oxazole rings is 1. The number of rotatable bonds is 4. The molecule has 7 nitrogen and oxygen atoms in total. The van der Waals surface area contributed by atoms with Gasteiger partial charge < -0.3 is 24.3 Å². The summed E-state index contributed by atoms with van der Waals surface area (Å²) in [6.45, 7) is 5.42. The molecule has 1 amide bonds. The quantitative estimate of drug-likeness (QED) is 0.853. The highest BCUT2D eigenvalue weighted by atomic mass is 16.5. The van der Waals surface area contributed by atoms with Crippen molar-refractivity contribution in [3.63, 3.8) is 0 Å². The number of nitrogens with zero attached hydrogens (tertiary/aromatic N) is 3. The summed E-state index contributed by atoms with van der Waals surface area (Å²) < 4.78 is 11.3. The van der Waals surface area contributed by atoms with Crippen molar-refractivity contribution in [1.29, 1.82) is 0 Å². The lowest BCUT2D eigenvalue weighted by molar-refractivity contribution is -0.127. The molecular weight excluding hydrogens is 368 g/mol. The first-order valence-corrected chi connectivity index (χ1v) is 11.0. The van der Waals surface area contributed by atoms with Crippen molar-refractivity contribution in [1.82, 2.24) is 15.2 Å². The first kappa shape index (κ1) is 18.9. The van der Waals surface area contributed by atoms with Gasteiger partial charge in [0.15, 0.2) is 5.58 Å². The van der Waals surface area contributed by atoms with Crippen LogP contribution < -0.4 is 10.2 Å². The average Bonchev–Trinajstić information content (AvgIpc) is 3.43. The molecule has 1 N–H and O–H groups in total. The molecule has 0 spiro atoms. The van der Waals surface area contributed by atoms with Crippen LogP contribution in [-0.2, 0) is 9.53 Å². The van der Waals surface area contributed by atoms with Crippen molar-refractivity contribution in [2.24, 2.45) is 5.92 Å². The number of ether oxygens (including phenoxy) is 1. The zero-order valence-electron chi connectivity index (χ0n) is 16.9. The second-order valence-corrected chi connectivity index (χ2v) is 8.56. The van der Waals surface area contributed by atoms with E-state index in [1.165, 1.54) is 0 Å². The van der Waals surface area contributed by atoms with E-state index in [2.05, 4.69) is 20.1 Å². The Bertz CT molecular complexity index is 798. The molecule has 3 saturated heterocycles. The molecule has 5 rings (SSSR count). The molecule has 0 bridgehead atoms. The molecule has 3 aliphatic rings. The smallest absolute Gasteiger partial charge is 0.298 e. The first-order chi connectivity index (χ1) is 14.3. The highest BCUT2D eigenvalue weighted by Gasteiger charge is 2.32. The number of nitrogens with one attached hydrogen (secondary N) is 1. The number of amides is 1. The topological polar surface area (TPSA) is 70.8 Å². The Kier molecular flexibility index (Phi) is 5.42. The van der Waals surface area contributed by atoms with Crippen LogP contribution in [0.5, 0.6) is 0 Å². The van der Waals surface area contributed by atoms with Gasteiger partial charge >= 0.3 is 0 Å². The molecule has 2 aromatic rings. The Hall–Kier alpha value is -2.12. The number of fused-ring (bicyclic) bond motifs is 1. The van der Waals surface area contributed by atoms with Crippen LogP contribution in [0.4, 0.5) is 6.01 Å². The number of para-hydroxylation sites is 2. The standard InChI is InChI=1S/C22H30N4O3/c27-21(23-17-9-14-28-15-17)16-5-10-25(11-6-16)18-7-12-26(13-8-18)22-24-19-3-1-2-4-20(19)29-22/h1-4,16-18H,5-15H2,(H,23,27). The highest BCUT2D eigenvalue weighted by molar-refractivity contribution is 5.79. The van der Waals surface area contributed by atoms with Crippen molar-refractivity contribution in [3.05, 3.63) is 24.3 Å². The lowest BCUT2D eigenvalue weighted by Gasteiger charge is -2.41. The monoisotopic (exact) mass is 398 g/mol. The third-order valence-corrected chi connectivity index (χ3v) is 6.71. The zero-order chi connectivity index (χ0) is 19.6. The van der Waals surface area contributed by atoms with E-state index in [9.17, 15) is 4.79 Å². The summed E-state index contributed by atoms with van der Waals surface area (Å²) in [4.78, 5) is 22.0. The van der Waals surface area contributed by atoms with Crippen molar-refractivity contribution in [2.45, 2.75) is 44.2 Å². The number of carbonyl (C=O) groups is 1. The SMILES string of the molecule is O=C(NC1CCOC1)C1CCN(C2CCN(c3nc4ccccc4o3)CC2)CC1. The number of hydrogen-bond donors (Lipinski definition) is 1. The van der Waals surface area contributed by atoms with Gasteiger partial charge in [0.25, 0.3) is 6.01 Å². The largest absolute Gasteiger partial charge is 0.423 e. The Morgan fingerprint density at radius 2 is 1.83 bits per heavy atom. The minimum atomic E-state index is 0.159. The van der Waals surface area contributed by atoms with Crippen molar-refractivity contribution in [2.75, 3.05) is 44.3 Å². The molecule has 7 heteroatoms. The molecular formula is C22H30N4O3. The van der Waals surface area contributed by atoms with Crippen LogP contribution in [0.25, 0.3) is 11.1 Å². The average molecular weight is 399 g/mol. The molecule has 156 valence electrons. The normalized spacial score (nSPS) is 25.0. The number of piperidine rings is 2. The van der Waals surface area contributed by atoms with Gasteiger partial charge in [0.05, 0.1) is 12.6 Å². The van der Waals surface area contributed by atoms with Gasteiger partial charge in [-0.05, 0) is 57.3 Å². The zero-order valence-corrected chi connectivity index (χ0v) is 16.9. The highest BCUT2D eigenvalue weighted by Crippen LogP contribution is 2.28. The molecule has 29 heavy (non-hydrogen) atoms. The molecule has 3 fully saturated rings. The van der Waals surface area contributed by atoms with E-state index in [0.717, 1.165) is 82.0 Å². The van der Waals surface area contributed by atoms with Gasteiger partial charge in [-0.25, -0.2) is 0 Å². The summed E-state index contributed by atoms with van der Waals surface area (Å²) in [6, 6.07) is 9.50. The van der Waals surface area contributed by atoms with E-state index in [-0.39, 0.29) is 17.9 Å². The summed E-state index contributed by atoms with van der Waals surface area (Å²) in [5.41, 5.74) is 1.78.